The van der Waals surface area contributed by atoms with E-state index in [0.29, 0.717) is 0 Å². The Morgan fingerprint density at radius 1 is 0.333 bits per heavy atom. The fraction of sp³-hybridized carbons (Fsp3) is 1.00. The SMILES string of the molecule is C1CCCCCCC1.S. The average Bonchev–Trinajstić information content (AvgIpc) is 1.62. The highest BCUT2D eigenvalue weighted by Gasteiger charge is 1.95. The van der Waals surface area contributed by atoms with Crippen LogP contribution >= 0.6 is 13.5 Å². The maximum Gasteiger partial charge on any atom is -0.0533 e. The van der Waals surface area contributed by atoms with Crippen molar-refractivity contribution in [2.45, 2.75) is 51.4 Å². The second-order valence-electron chi connectivity index (χ2n) is 2.83. The second-order valence-corrected chi connectivity index (χ2v) is 2.83. The summed E-state index contributed by atoms with van der Waals surface area (Å²) in [5.41, 5.74) is 0. The molecule has 1 aliphatic rings. The van der Waals surface area contributed by atoms with E-state index in [1.807, 2.05) is 0 Å². The Morgan fingerprint density at radius 3 is 0.556 bits per heavy atom. The van der Waals surface area contributed by atoms with E-state index in [1.165, 1.54) is 51.4 Å². The minimum absolute atomic E-state index is 0. The van der Waals surface area contributed by atoms with Crippen LogP contribution < -0.4 is 0 Å². The van der Waals surface area contributed by atoms with Crippen molar-refractivity contribution in [3.8, 4) is 0 Å². The Labute approximate surface area is 65.5 Å². The third-order valence-corrected chi connectivity index (χ3v) is 2.00. The summed E-state index contributed by atoms with van der Waals surface area (Å²) in [5, 5.41) is 0. The summed E-state index contributed by atoms with van der Waals surface area (Å²) in [5.74, 6) is 0. The molecule has 0 bridgehead atoms. The van der Waals surface area contributed by atoms with E-state index in [2.05, 4.69) is 0 Å². The van der Waals surface area contributed by atoms with Crippen LogP contribution in [0.15, 0.2) is 0 Å². The van der Waals surface area contributed by atoms with Crippen molar-refractivity contribution in [1.29, 1.82) is 0 Å². The highest BCUT2D eigenvalue weighted by molar-refractivity contribution is 7.59. The molecule has 9 heavy (non-hydrogen) atoms. The molecule has 0 spiro atoms. The monoisotopic (exact) mass is 146 g/mol. The molecule has 1 aliphatic carbocycles. The molecule has 0 unspecified atom stereocenters. The molecule has 1 rings (SSSR count). The molecule has 0 aliphatic heterocycles. The van der Waals surface area contributed by atoms with E-state index in [-0.39, 0.29) is 13.5 Å². The zero-order valence-electron chi connectivity index (χ0n) is 6.16. The number of hydrogen-bond donors (Lipinski definition) is 0. The van der Waals surface area contributed by atoms with Crippen molar-refractivity contribution in [3.05, 3.63) is 0 Å². The molecule has 0 nitrogen and oxygen atoms in total. The van der Waals surface area contributed by atoms with Gasteiger partial charge in [-0.1, -0.05) is 51.4 Å². The predicted octanol–water partition coefficient (Wildman–Crippen LogP) is 3.23. The van der Waals surface area contributed by atoms with Crippen molar-refractivity contribution in [3.63, 3.8) is 0 Å². The number of hydrogen-bond acceptors (Lipinski definition) is 0. The fourth-order valence-corrected chi connectivity index (χ4v) is 1.41. The topological polar surface area (TPSA) is 0 Å². The largest absolute Gasteiger partial charge is 0.197 e. The lowest BCUT2D eigenvalue weighted by Gasteiger charge is -2.05. The van der Waals surface area contributed by atoms with Gasteiger partial charge in [-0.2, -0.15) is 13.5 Å². The van der Waals surface area contributed by atoms with Crippen LogP contribution in [0.1, 0.15) is 51.4 Å². The molecule has 0 N–H and O–H groups in total. The lowest BCUT2D eigenvalue weighted by molar-refractivity contribution is 0.504. The summed E-state index contributed by atoms with van der Waals surface area (Å²) >= 11 is 0. The molecule has 0 radical (unpaired) electrons. The van der Waals surface area contributed by atoms with Gasteiger partial charge in [0.25, 0.3) is 0 Å². The average molecular weight is 146 g/mol. The van der Waals surface area contributed by atoms with Crippen molar-refractivity contribution >= 4 is 13.5 Å². The van der Waals surface area contributed by atoms with Gasteiger partial charge in [-0.25, -0.2) is 0 Å². The smallest absolute Gasteiger partial charge is 0.0533 e. The summed E-state index contributed by atoms with van der Waals surface area (Å²) in [7, 11) is 0. The van der Waals surface area contributed by atoms with Crippen LogP contribution in [0, 0.1) is 0 Å². The van der Waals surface area contributed by atoms with Gasteiger partial charge in [0, 0.05) is 0 Å². The van der Waals surface area contributed by atoms with Gasteiger partial charge in [0.2, 0.25) is 0 Å². The third-order valence-electron chi connectivity index (χ3n) is 2.00. The molecule has 0 aromatic rings. The standard InChI is InChI=1S/C8H16.H2S/c1-2-4-6-8-7-5-3-1;/h1-8H2;1H2. The van der Waals surface area contributed by atoms with E-state index in [4.69, 9.17) is 0 Å². The first-order valence-electron chi connectivity index (χ1n) is 4.00. The van der Waals surface area contributed by atoms with Gasteiger partial charge in [-0.05, 0) is 0 Å². The molecule has 0 saturated heterocycles. The first-order chi connectivity index (χ1) is 4.00. The van der Waals surface area contributed by atoms with Gasteiger partial charge >= 0.3 is 0 Å². The summed E-state index contributed by atoms with van der Waals surface area (Å²) < 4.78 is 0. The molecule has 0 atom stereocenters. The summed E-state index contributed by atoms with van der Waals surface area (Å²) in [6, 6.07) is 0. The van der Waals surface area contributed by atoms with Crippen LogP contribution in [0.3, 0.4) is 0 Å². The molecule has 56 valence electrons. The Kier molecular flexibility index (Phi) is 6.72. The lowest BCUT2D eigenvalue weighted by atomic mass is 10.0. The minimum Gasteiger partial charge on any atom is -0.197 e. The van der Waals surface area contributed by atoms with E-state index in [0.717, 1.165) is 0 Å². The van der Waals surface area contributed by atoms with Crippen molar-refractivity contribution in [1.82, 2.24) is 0 Å². The molecular weight excluding hydrogens is 128 g/mol. The van der Waals surface area contributed by atoms with Crippen molar-refractivity contribution in [2.75, 3.05) is 0 Å². The zero-order chi connectivity index (χ0) is 5.66. The molecule has 1 heteroatoms. The Hall–Kier alpha value is 0.350. The van der Waals surface area contributed by atoms with Crippen molar-refractivity contribution < 1.29 is 0 Å². The van der Waals surface area contributed by atoms with Gasteiger partial charge < -0.3 is 0 Å². The fourth-order valence-electron chi connectivity index (χ4n) is 1.41. The highest BCUT2D eigenvalue weighted by atomic mass is 32.1. The maximum absolute atomic E-state index is 1.50. The van der Waals surface area contributed by atoms with E-state index < -0.39 is 0 Å². The first kappa shape index (κ1) is 9.35. The maximum atomic E-state index is 1.50. The van der Waals surface area contributed by atoms with Gasteiger partial charge in [-0.3, -0.25) is 0 Å². The number of rotatable bonds is 0. The summed E-state index contributed by atoms with van der Waals surface area (Å²) in [4.78, 5) is 0. The van der Waals surface area contributed by atoms with Gasteiger partial charge in [0.05, 0.1) is 0 Å². The van der Waals surface area contributed by atoms with E-state index in [9.17, 15) is 0 Å². The van der Waals surface area contributed by atoms with Crippen LogP contribution in [0.5, 0.6) is 0 Å². The van der Waals surface area contributed by atoms with E-state index in [1.54, 1.807) is 0 Å². The van der Waals surface area contributed by atoms with Gasteiger partial charge in [0.1, 0.15) is 0 Å². The molecule has 0 aromatic heterocycles. The van der Waals surface area contributed by atoms with Gasteiger partial charge in [-0.15, -0.1) is 0 Å². The molecular formula is C8H18S. The van der Waals surface area contributed by atoms with Crippen LogP contribution in [-0.2, 0) is 0 Å². The van der Waals surface area contributed by atoms with Crippen LogP contribution in [-0.4, -0.2) is 0 Å². The van der Waals surface area contributed by atoms with Crippen molar-refractivity contribution in [2.24, 2.45) is 0 Å². The molecule has 0 amide bonds. The molecule has 1 saturated carbocycles. The highest BCUT2D eigenvalue weighted by Crippen LogP contribution is 2.15. The zero-order valence-corrected chi connectivity index (χ0v) is 7.16. The quantitative estimate of drug-likeness (QED) is 0.492. The van der Waals surface area contributed by atoms with Gasteiger partial charge in [0.15, 0.2) is 0 Å². The first-order valence-corrected chi connectivity index (χ1v) is 4.00. The normalized spacial score (nSPS) is 21.3. The Morgan fingerprint density at radius 2 is 0.444 bits per heavy atom. The lowest BCUT2D eigenvalue weighted by Crippen LogP contribution is -1.85. The van der Waals surface area contributed by atoms with E-state index >= 15 is 0 Å². The molecule has 1 fully saturated rings. The minimum atomic E-state index is 0. The predicted molar refractivity (Wildman–Crippen MR) is 47.3 cm³/mol. The molecule has 0 aromatic carbocycles. The van der Waals surface area contributed by atoms with Crippen LogP contribution in [0.2, 0.25) is 0 Å². The summed E-state index contributed by atoms with van der Waals surface area (Å²) in [6.45, 7) is 0. The van der Waals surface area contributed by atoms with Crippen LogP contribution in [0.4, 0.5) is 0 Å². The van der Waals surface area contributed by atoms with Crippen LogP contribution in [0.25, 0.3) is 0 Å². The molecule has 0 heterocycles. The Balaban J connectivity index is 0.000000640. The third kappa shape index (κ3) is 4.83. The summed E-state index contributed by atoms with van der Waals surface area (Å²) in [6.07, 6.45) is 12.0. The Bertz CT molecular complexity index is 28.5. The second kappa shape index (κ2) is 6.47.